The summed E-state index contributed by atoms with van der Waals surface area (Å²) in [6.07, 6.45) is 7.08. The minimum absolute atomic E-state index is 0.0316. The van der Waals surface area contributed by atoms with Crippen molar-refractivity contribution in [3.63, 3.8) is 0 Å². The Morgan fingerprint density at radius 3 is 2.25 bits per heavy atom. The van der Waals surface area contributed by atoms with E-state index in [0.29, 0.717) is 6.54 Å². The number of likely N-dealkylation sites (N-methyl/N-ethyl adjacent to an activating group) is 1. The summed E-state index contributed by atoms with van der Waals surface area (Å²) in [7, 11) is 1.84. The SMILES string of the molecule is CCCC(CN)(CCC)C(=O)N(C)C1CCCCC1O. The van der Waals surface area contributed by atoms with Crippen LogP contribution >= 0.6 is 0 Å². The molecule has 2 unspecified atom stereocenters. The predicted octanol–water partition coefficient (Wildman–Crippen LogP) is 2.29. The number of rotatable bonds is 7. The third-order valence-electron chi connectivity index (χ3n) is 4.81. The van der Waals surface area contributed by atoms with Gasteiger partial charge < -0.3 is 15.7 Å². The van der Waals surface area contributed by atoms with Crippen LogP contribution in [0.3, 0.4) is 0 Å². The Balaban J connectivity index is 2.86. The quantitative estimate of drug-likeness (QED) is 0.754. The van der Waals surface area contributed by atoms with Crippen molar-refractivity contribution in [1.82, 2.24) is 4.90 Å². The molecule has 1 saturated carbocycles. The lowest BCUT2D eigenvalue weighted by Gasteiger charge is -2.41. The van der Waals surface area contributed by atoms with E-state index in [-0.39, 0.29) is 18.1 Å². The van der Waals surface area contributed by atoms with Gasteiger partial charge in [0.2, 0.25) is 5.91 Å². The van der Waals surface area contributed by atoms with Gasteiger partial charge in [0.25, 0.3) is 0 Å². The molecule has 0 aromatic carbocycles. The highest BCUT2D eigenvalue weighted by molar-refractivity contribution is 5.83. The van der Waals surface area contributed by atoms with Crippen molar-refractivity contribution in [3.05, 3.63) is 0 Å². The molecule has 1 fully saturated rings. The fraction of sp³-hybridized carbons (Fsp3) is 0.938. The van der Waals surface area contributed by atoms with Crippen molar-refractivity contribution in [3.8, 4) is 0 Å². The lowest BCUT2D eigenvalue weighted by atomic mass is 9.77. The zero-order valence-corrected chi connectivity index (χ0v) is 13.4. The first-order valence-electron chi connectivity index (χ1n) is 8.17. The molecule has 1 rings (SSSR count). The fourth-order valence-corrected chi connectivity index (χ4v) is 3.66. The van der Waals surface area contributed by atoms with E-state index in [9.17, 15) is 9.90 Å². The predicted molar refractivity (Wildman–Crippen MR) is 82.3 cm³/mol. The van der Waals surface area contributed by atoms with Gasteiger partial charge in [-0.2, -0.15) is 0 Å². The highest BCUT2D eigenvalue weighted by atomic mass is 16.3. The zero-order valence-electron chi connectivity index (χ0n) is 13.4. The molecule has 0 aliphatic heterocycles. The van der Waals surface area contributed by atoms with Crippen molar-refractivity contribution in [1.29, 1.82) is 0 Å². The second-order valence-corrected chi connectivity index (χ2v) is 6.32. The summed E-state index contributed by atoms with van der Waals surface area (Å²) in [6, 6.07) is -0.0316. The van der Waals surface area contributed by atoms with Crippen molar-refractivity contribution in [2.45, 2.75) is 77.4 Å². The molecule has 4 heteroatoms. The van der Waals surface area contributed by atoms with E-state index in [0.717, 1.165) is 51.4 Å². The Bertz CT molecular complexity index is 301. The molecule has 4 nitrogen and oxygen atoms in total. The number of hydrogen-bond acceptors (Lipinski definition) is 3. The number of carbonyl (C=O) groups is 1. The molecule has 1 aliphatic carbocycles. The standard InChI is InChI=1S/C16H32N2O2/c1-4-10-16(12-17,11-5-2)15(20)18(3)13-8-6-7-9-14(13)19/h13-14,19H,4-12,17H2,1-3H3. The van der Waals surface area contributed by atoms with Gasteiger partial charge in [0.1, 0.15) is 0 Å². The third kappa shape index (κ3) is 3.73. The average Bonchev–Trinajstić information content (AvgIpc) is 2.46. The molecule has 1 aliphatic rings. The molecule has 0 radical (unpaired) electrons. The van der Waals surface area contributed by atoms with Crippen LogP contribution in [0.25, 0.3) is 0 Å². The van der Waals surface area contributed by atoms with Crippen molar-refractivity contribution in [2.75, 3.05) is 13.6 Å². The summed E-state index contributed by atoms with van der Waals surface area (Å²) < 4.78 is 0. The van der Waals surface area contributed by atoms with E-state index in [4.69, 9.17) is 5.73 Å². The van der Waals surface area contributed by atoms with E-state index in [1.165, 1.54) is 0 Å². The number of carbonyl (C=O) groups excluding carboxylic acids is 1. The molecule has 0 aromatic rings. The van der Waals surface area contributed by atoms with Crippen LogP contribution in [-0.2, 0) is 4.79 Å². The van der Waals surface area contributed by atoms with E-state index >= 15 is 0 Å². The maximum absolute atomic E-state index is 13.0. The third-order valence-corrected chi connectivity index (χ3v) is 4.81. The molecule has 0 heterocycles. The Kier molecular flexibility index (Phi) is 6.96. The number of aliphatic hydroxyl groups is 1. The van der Waals surface area contributed by atoms with Crippen LogP contribution in [-0.4, -0.2) is 41.7 Å². The minimum Gasteiger partial charge on any atom is -0.391 e. The molecule has 3 N–H and O–H groups in total. The topological polar surface area (TPSA) is 66.6 Å². The summed E-state index contributed by atoms with van der Waals surface area (Å²) >= 11 is 0. The molecule has 2 atom stereocenters. The smallest absolute Gasteiger partial charge is 0.230 e. The summed E-state index contributed by atoms with van der Waals surface area (Å²) in [5, 5.41) is 10.2. The first kappa shape index (κ1) is 17.4. The molecule has 0 aromatic heterocycles. The highest BCUT2D eigenvalue weighted by Gasteiger charge is 2.41. The van der Waals surface area contributed by atoms with Crippen LogP contribution in [0, 0.1) is 5.41 Å². The Morgan fingerprint density at radius 2 is 1.80 bits per heavy atom. The lowest BCUT2D eigenvalue weighted by Crippen LogP contribution is -2.53. The zero-order chi connectivity index (χ0) is 15.2. The lowest BCUT2D eigenvalue weighted by molar-refractivity contribution is -0.147. The maximum atomic E-state index is 13.0. The van der Waals surface area contributed by atoms with E-state index in [1.807, 2.05) is 7.05 Å². The molecular weight excluding hydrogens is 252 g/mol. The number of nitrogens with zero attached hydrogens (tertiary/aromatic N) is 1. The van der Waals surface area contributed by atoms with Crippen molar-refractivity contribution < 1.29 is 9.90 Å². The van der Waals surface area contributed by atoms with Gasteiger partial charge in [-0.3, -0.25) is 4.79 Å². The van der Waals surface area contributed by atoms with Gasteiger partial charge in [0, 0.05) is 13.6 Å². The minimum atomic E-state index is -0.435. The van der Waals surface area contributed by atoms with Crippen LogP contribution in [0.15, 0.2) is 0 Å². The number of aliphatic hydroxyl groups excluding tert-OH is 1. The summed E-state index contributed by atoms with van der Waals surface area (Å²) in [4.78, 5) is 14.7. The van der Waals surface area contributed by atoms with Crippen LogP contribution in [0.4, 0.5) is 0 Å². The number of hydrogen-bond donors (Lipinski definition) is 2. The average molecular weight is 284 g/mol. The maximum Gasteiger partial charge on any atom is 0.230 e. The van der Waals surface area contributed by atoms with Gasteiger partial charge in [-0.1, -0.05) is 39.5 Å². The van der Waals surface area contributed by atoms with Gasteiger partial charge in [0.05, 0.1) is 17.6 Å². The number of nitrogens with two attached hydrogens (primary N) is 1. The van der Waals surface area contributed by atoms with Crippen molar-refractivity contribution in [2.24, 2.45) is 11.1 Å². The number of amides is 1. The first-order valence-corrected chi connectivity index (χ1v) is 8.17. The van der Waals surface area contributed by atoms with Gasteiger partial charge in [-0.05, 0) is 25.7 Å². The van der Waals surface area contributed by atoms with Crippen LogP contribution in [0.2, 0.25) is 0 Å². The molecular formula is C16H32N2O2. The first-order chi connectivity index (χ1) is 9.52. The van der Waals surface area contributed by atoms with Crippen LogP contribution < -0.4 is 5.73 Å². The largest absolute Gasteiger partial charge is 0.391 e. The normalized spacial score (nSPS) is 23.6. The Labute approximate surface area is 123 Å². The molecule has 118 valence electrons. The highest BCUT2D eigenvalue weighted by Crippen LogP contribution is 2.33. The van der Waals surface area contributed by atoms with Crippen molar-refractivity contribution >= 4 is 5.91 Å². The van der Waals surface area contributed by atoms with E-state index < -0.39 is 5.41 Å². The summed E-state index contributed by atoms with van der Waals surface area (Å²) in [6.45, 7) is 4.60. The Hall–Kier alpha value is -0.610. The fourth-order valence-electron chi connectivity index (χ4n) is 3.66. The molecule has 0 saturated heterocycles. The monoisotopic (exact) mass is 284 g/mol. The summed E-state index contributed by atoms with van der Waals surface area (Å²) in [5.74, 6) is 0.134. The molecule has 1 amide bonds. The second-order valence-electron chi connectivity index (χ2n) is 6.32. The van der Waals surface area contributed by atoms with Gasteiger partial charge >= 0.3 is 0 Å². The Morgan fingerprint density at radius 1 is 1.25 bits per heavy atom. The second kappa shape index (κ2) is 7.99. The van der Waals surface area contributed by atoms with Gasteiger partial charge in [-0.25, -0.2) is 0 Å². The van der Waals surface area contributed by atoms with E-state index in [2.05, 4.69) is 13.8 Å². The van der Waals surface area contributed by atoms with Gasteiger partial charge in [0.15, 0.2) is 0 Å². The van der Waals surface area contributed by atoms with Gasteiger partial charge in [-0.15, -0.1) is 0 Å². The van der Waals surface area contributed by atoms with Crippen LogP contribution in [0.1, 0.15) is 65.2 Å². The summed E-state index contributed by atoms with van der Waals surface area (Å²) in [5.41, 5.74) is 5.54. The van der Waals surface area contributed by atoms with Crippen LogP contribution in [0.5, 0.6) is 0 Å². The van der Waals surface area contributed by atoms with E-state index in [1.54, 1.807) is 4.90 Å². The molecule has 0 spiro atoms. The molecule has 0 bridgehead atoms. The molecule has 20 heavy (non-hydrogen) atoms.